The van der Waals surface area contributed by atoms with E-state index in [0.717, 1.165) is 24.8 Å². The average molecular weight is 282 g/mol. The Hall–Kier alpha value is -1.07. The standard InChI is InChI=1S/C14H22N2O2S/c1-11-4-3-5-12(2)16(11)19(17,18)10-13-6-8-14(15)9-7-13/h6-9,11-12H,3-5,10,15H2,1-2H3. The molecule has 1 saturated heterocycles. The molecule has 0 aliphatic carbocycles. The SMILES string of the molecule is CC1CCCC(C)N1S(=O)(=O)Cc1ccc(N)cc1. The molecule has 1 aliphatic rings. The number of nitrogens with two attached hydrogens (primary N) is 1. The van der Waals surface area contributed by atoms with Crippen LogP contribution < -0.4 is 5.73 Å². The van der Waals surface area contributed by atoms with Gasteiger partial charge < -0.3 is 5.73 Å². The van der Waals surface area contributed by atoms with E-state index in [1.54, 1.807) is 28.6 Å². The molecule has 106 valence electrons. The number of rotatable bonds is 3. The molecule has 4 nitrogen and oxygen atoms in total. The van der Waals surface area contributed by atoms with Crippen LogP contribution in [0.25, 0.3) is 0 Å². The fourth-order valence-corrected chi connectivity index (χ4v) is 4.92. The molecule has 1 aliphatic heterocycles. The van der Waals surface area contributed by atoms with Crippen LogP contribution in [0.2, 0.25) is 0 Å². The minimum Gasteiger partial charge on any atom is -0.399 e. The summed E-state index contributed by atoms with van der Waals surface area (Å²) < 4.78 is 26.8. The maximum atomic E-state index is 12.6. The molecule has 0 amide bonds. The quantitative estimate of drug-likeness (QED) is 0.866. The smallest absolute Gasteiger partial charge is 0.218 e. The van der Waals surface area contributed by atoms with Crippen molar-refractivity contribution in [3.8, 4) is 0 Å². The zero-order chi connectivity index (χ0) is 14.0. The molecule has 2 N–H and O–H groups in total. The number of benzene rings is 1. The summed E-state index contributed by atoms with van der Waals surface area (Å²) in [5.41, 5.74) is 7.06. The molecular formula is C14H22N2O2S. The molecule has 2 atom stereocenters. The van der Waals surface area contributed by atoms with Gasteiger partial charge in [-0.15, -0.1) is 0 Å². The molecule has 0 radical (unpaired) electrons. The Labute approximate surface area is 115 Å². The molecule has 2 unspecified atom stereocenters. The number of piperidine rings is 1. The summed E-state index contributed by atoms with van der Waals surface area (Å²) in [5, 5.41) is 0. The largest absolute Gasteiger partial charge is 0.399 e. The summed E-state index contributed by atoms with van der Waals surface area (Å²) in [6, 6.07) is 7.25. The van der Waals surface area contributed by atoms with Gasteiger partial charge in [-0.2, -0.15) is 4.31 Å². The predicted molar refractivity (Wildman–Crippen MR) is 78.1 cm³/mol. The molecule has 1 fully saturated rings. The Morgan fingerprint density at radius 2 is 1.68 bits per heavy atom. The lowest BCUT2D eigenvalue weighted by atomic mass is 10.0. The summed E-state index contributed by atoms with van der Waals surface area (Å²) in [6.07, 6.45) is 3.01. The third-order valence-corrected chi connectivity index (χ3v) is 5.82. The van der Waals surface area contributed by atoms with E-state index in [9.17, 15) is 8.42 Å². The van der Waals surface area contributed by atoms with Gasteiger partial charge in [0.2, 0.25) is 10.0 Å². The molecule has 1 heterocycles. The normalized spacial score (nSPS) is 25.4. The number of hydrogen-bond acceptors (Lipinski definition) is 3. The van der Waals surface area contributed by atoms with Gasteiger partial charge in [-0.25, -0.2) is 8.42 Å². The molecule has 0 bridgehead atoms. The summed E-state index contributed by atoms with van der Waals surface area (Å²) >= 11 is 0. The lowest BCUT2D eigenvalue weighted by Gasteiger charge is -2.37. The number of sulfonamides is 1. The van der Waals surface area contributed by atoms with Crippen LogP contribution >= 0.6 is 0 Å². The maximum absolute atomic E-state index is 12.6. The summed E-state index contributed by atoms with van der Waals surface area (Å²) in [7, 11) is -3.26. The molecule has 0 spiro atoms. The van der Waals surface area contributed by atoms with E-state index >= 15 is 0 Å². The van der Waals surface area contributed by atoms with Crippen LogP contribution in [0.1, 0.15) is 38.7 Å². The van der Waals surface area contributed by atoms with Crippen LogP contribution in [0.5, 0.6) is 0 Å². The van der Waals surface area contributed by atoms with Crippen molar-refractivity contribution in [2.75, 3.05) is 5.73 Å². The first-order chi connectivity index (χ1) is 8.90. The van der Waals surface area contributed by atoms with Crippen LogP contribution in [0.15, 0.2) is 24.3 Å². The van der Waals surface area contributed by atoms with Crippen LogP contribution in [-0.2, 0) is 15.8 Å². The molecular weight excluding hydrogens is 260 g/mol. The number of hydrogen-bond donors (Lipinski definition) is 1. The number of nitrogens with zero attached hydrogens (tertiary/aromatic N) is 1. The van der Waals surface area contributed by atoms with Crippen molar-refractivity contribution in [3.63, 3.8) is 0 Å². The topological polar surface area (TPSA) is 63.4 Å². The van der Waals surface area contributed by atoms with Gasteiger partial charge in [0.05, 0.1) is 5.75 Å². The van der Waals surface area contributed by atoms with Crippen LogP contribution in [0.3, 0.4) is 0 Å². The van der Waals surface area contributed by atoms with Gasteiger partial charge in [0.15, 0.2) is 0 Å². The van der Waals surface area contributed by atoms with Crippen molar-refractivity contribution in [1.82, 2.24) is 4.31 Å². The van der Waals surface area contributed by atoms with Crippen LogP contribution in [0.4, 0.5) is 5.69 Å². The first-order valence-corrected chi connectivity index (χ1v) is 8.36. The van der Waals surface area contributed by atoms with E-state index < -0.39 is 10.0 Å². The highest BCUT2D eigenvalue weighted by atomic mass is 32.2. The Morgan fingerprint density at radius 3 is 2.21 bits per heavy atom. The molecule has 5 heteroatoms. The Balaban J connectivity index is 2.19. The third-order valence-electron chi connectivity index (χ3n) is 3.76. The molecule has 0 aromatic heterocycles. The summed E-state index contributed by atoms with van der Waals surface area (Å²) in [5.74, 6) is 0.0575. The highest BCUT2D eigenvalue weighted by molar-refractivity contribution is 7.88. The van der Waals surface area contributed by atoms with Crippen molar-refractivity contribution in [2.24, 2.45) is 0 Å². The van der Waals surface area contributed by atoms with Gasteiger partial charge in [-0.1, -0.05) is 18.6 Å². The molecule has 1 aromatic carbocycles. The van der Waals surface area contributed by atoms with Crippen LogP contribution in [0, 0.1) is 0 Å². The van der Waals surface area contributed by atoms with E-state index in [0.29, 0.717) is 5.69 Å². The minimum atomic E-state index is -3.26. The fraction of sp³-hybridized carbons (Fsp3) is 0.571. The Bertz CT molecular complexity index is 515. The predicted octanol–water partition coefficient (Wildman–Crippen LogP) is 2.36. The van der Waals surface area contributed by atoms with Gasteiger partial charge in [-0.05, 0) is 44.4 Å². The molecule has 19 heavy (non-hydrogen) atoms. The highest BCUT2D eigenvalue weighted by Gasteiger charge is 2.34. The first kappa shape index (κ1) is 14.3. The lowest BCUT2D eigenvalue weighted by molar-refractivity contribution is 0.204. The van der Waals surface area contributed by atoms with Crippen molar-refractivity contribution in [2.45, 2.75) is 50.9 Å². The molecule has 1 aromatic rings. The lowest BCUT2D eigenvalue weighted by Crippen LogP contribution is -2.47. The summed E-state index contributed by atoms with van der Waals surface area (Å²) in [6.45, 7) is 3.99. The van der Waals surface area contributed by atoms with E-state index in [-0.39, 0.29) is 17.8 Å². The second kappa shape index (κ2) is 5.51. The zero-order valence-electron chi connectivity index (χ0n) is 11.5. The Morgan fingerprint density at radius 1 is 1.16 bits per heavy atom. The maximum Gasteiger partial charge on any atom is 0.218 e. The number of anilines is 1. The van der Waals surface area contributed by atoms with Crippen molar-refractivity contribution < 1.29 is 8.42 Å². The highest BCUT2D eigenvalue weighted by Crippen LogP contribution is 2.27. The second-order valence-corrected chi connectivity index (χ2v) is 7.33. The van der Waals surface area contributed by atoms with E-state index in [4.69, 9.17) is 5.73 Å². The van der Waals surface area contributed by atoms with Gasteiger partial charge in [0, 0.05) is 17.8 Å². The van der Waals surface area contributed by atoms with Gasteiger partial charge >= 0.3 is 0 Å². The average Bonchev–Trinajstić information content (AvgIpc) is 2.31. The second-order valence-electron chi connectivity index (χ2n) is 5.46. The summed E-state index contributed by atoms with van der Waals surface area (Å²) in [4.78, 5) is 0. The third kappa shape index (κ3) is 3.28. The van der Waals surface area contributed by atoms with Crippen molar-refractivity contribution in [1.29, 1.82) is 0 Å². The van der Waals surface area contributed by atoms with E-state index in [2.05, 4.69) is 0 Å². The van der Waals surface area contributed by atoms with E-state index in [1.807, 2.05) is 13.8 Å². The first-order valence-electron chi connectivity index (χ1n) is 6.76. The van der Waals surface area contributed by atoms with Crippen molar-refractivity contribution >= 4 is 15.7 Å². The van der Waals surface area contributed by atoms with Crippen LogP contribution in [-0.4, -0.2) is 24.8 Å². The molecule has 0 saturated carbocycles. The monoisotopic (exact) mass is 282 g/mol. The van der Waals surface area contributed by atoms with Gasteiger partial charge in [0.1, 0.15) is 0 Å². The van der Waals surface area contributed by atoms with E-state index in [1.165, 1.54) is 0 Å². The molecule has 2 rings (SSSR count). The Kier molecular flexibility index (Phi) is 4.16. The minimum absolute atomic E-state index is 0.0575. The van der Waals surface area contributed by atoms with Gasteiger partial charge in [0.25, 0.3) is 0 Å². The van der Waals surface area contributed by atoms with Gasteiger partial charge in [-0.3, -0.25) is 0 Å². The number of nitrogen functional groups attached to an aromatic ring is 1. The van der Waals surface area contributed by atoms with Crippen molar-refractivity contribution in [3.05, 3.63) is 29.8 Å². The fourth-order valence-electron chi connectivity index (χ4n) is 2.84. The zero-order valence-corrected chi connectivity index (χ0v) is 12.4.